The molecule has 0 aliphatic carbocycles. The number of para-hydroxylation sites is 1. The lowest BCUT2D eigenvalue weighted by atomic mass is 10.2. The lowest BCUT2D eigenvalue weighted by Crippen LogP contribution is -2.37. The number of carbonyl (C=O) groups is 1. The number of aromatic nitrogens is 4. The number of benzene rings is 2. The Bertz CT molecular complexity index is 1680. The molecule has 0 spiro atoms. The summed E-state index contributed by atoms with van der Waals surface area (Å²) in [5.74, 6) is -0.0245. The van der Waals surface area contributed by atoms with Crippen molar-refractivity contribution in [1.82, 2.24) is 29.1 Å². The van der Waals surface area contributed by atoms with Gasteiger partial charge in [-0.05, 0) is 30.5 Å². The molecule has 0 saturated carbocycles. The zero-order chi connectivity index (χ0) is 30.9. The second kappa shape index (κ2) is 14.4. The second-order valence-electron chi connectivity index (χ2n) is 10.1. The van der Waals surface area contributed by atoms with E-state index in [9.17, 15) is 14.2 Å². The van der Waals surface area contributed by atoms with Crippen LogP contribution in [-0.2, 0) is 36.7 Å². The number of imidazole rings is 1. The van der Waals surface area contributed by atoms with E-state index < -0.39 is 25.3 Å². The fourth-order valence-electron chi connectivity index (χ4n) is 4.52. The first-order chi connectivity index (χ1) is 21.3. The Balaban J connectivity index is 1.23. The van der Waals surface area contributed by atoms with Crippen molar-refractivity contribution in [2.24, 2.45) is 4.99 Å². The van der Waals surface area contributed by atoms with Crippen LogP contribution in [-0.4, -0.2) is 81.3 Å². The minimum absolute atomic E-state index is 0.00482. The Kier molecular flexibility index (Phi) is 10.2. The molecule has 2 aromatic heterocycles. The maximum absolute atomic E-state index is 14.3. The molecule has 3 heterocycles. The fourth-order valence-corrected chi connectivity index (χ4v) is 6.46. The van der Waals surface area contributed by atoms with Gasteiger partial charge in [0.05, 0.1) is 25.9 Å². The molecule has 0 bridgehead atoms. The number of hydrogen-bond acceptors (Lipinski definition) is 10. The van der Waals surface area contributed by atoms with E-state index in [1.165, 1.54) is 17.3 Å². The van der Waals surface area contributed by atoms with Crippen molar-refractivity contribution in [2.75, 3.05) is 33.9 Å². The van der Waals surface area contributed by atoms with E-state index in [-0.39, 0.29) is 38.0 Å². The first-order valence-electron chi connectivity index (χ1n) is 14.0. The molecule has 1 aliphatic rings. The van der Waals surface area contributed by atoms with Gasteiger partial charge in [0.25, 0.3) is 5.56 Å². The van der Waals surface area contributed by atoms with Crippen LogP contribution in [0.2, 0.25) is 0 Å². The van der Waals surface area contributed by atoms with Crippen LogP contribution in [0, 0.1) is 0 Å². The lowest BCUT2D eigenvalue weighted by molar-refractivity contribution is -0.149. The molecule has 1 aliphatic heterocycles. The number of carbonyl (C=O) groups excluding carboxylic acids is 1. The molecular weight excluding hydrogens is 589 g/mol. The van der Waals surface area contributed by atoms with E-state index in [0.29, 0.717) is 30.8 Å². The fraction of sp³-hybridized carbons (Fsp3) is 0.345. The second-order valence-corrected chi connectivity index (χ2v) is 12.0. The number of aromatic amines is 1. The molecule has 1 N–H and O–H groups in total. The van der Waals surface area contributed by atoms with E-state index in [4.69, 9.17) is 18.5 Å². The van der Waals surface area contributed by atoms with Crippen molar-refractivity contribution in [3.63, 3.8) is 0 Å². The van der Waals surface area contributed by atoms with Gasteiger partial charge in [-0.2, -0.15) is 9.65 Å². The molecule has 232 valence electrons. The van der Waals surface area contributed by atoms with Gasteiger partial charge < -0.3 is 18.9 Å². The van der Waals surface area contributed by atoms with Gasteiger partial charge in [-0.1, -0.05) is 48.5 Å². The predicted octanol–water partition coefficient (Wildman–Crippen LogP) is 3.73. The summed E-state index contributed by atoms with van der Waals surface area (Å²) in [4.78, 5) is 42.4. The molecule has 2 unspecified atom stereocenters. The Morgan fingerprint density at radius 1 is 1.14 bits per heavy atom. The summed E-state index contributed by atoms with van der Waals surface area (Å²) in [6.07, 6.45) is 4.03. The molecule has 15 heteroatoms. The van der Waals surface area contributed by atoms with Crippen molar-refractivity contribution in [3.8, 4) is 5.75 Å². The SMILES string of the molecule is CN(C)/C=N/c1nc2c(ncn2COCCOP(=O)(Oc2ccccc2)N2CCCC2C(=O)OCc2ccccc2)c(=O)[nH]1. The summed E-state index contributed by atoms with van der Waals surface area (Å²) in [5.41, 5.74) is 0.871. The van der Waals surface area contributed by atoms with Gasteiger partial charge in [0.15, 0.2) is 11.2 Å². The van der Waals surface area contributed by atoms with Crippen LogP contribution in [0.15, 0.2) is 76.8 Å². The van der Waals surface area contributed by atoms with Crippen LogP contribution < -0.4 is 10.1 Å². The molecule has 2 atom stereocenters. The molecule has 0 radical (unpaired) electrons. The highest BCUT2D eigenvalue weighted by atomic mass is 31.2. The number of H-pyrrole nitrogens is 1. The first-order valence-corrected chi connectivity index (χ1v) is 15.5. The Morgan fingerprint density at radius 3 is 2.64 bits per heavy atom. The molecule has 14 nitrogen and oxygen atoms in total. The van der Waals surface area contributed by atoms with Crippen LogP contribution in [0.4, 0.5) is 5.95 Å². The van der Waals surface area contributed by atoms with Gasteiger partial charge in [-0.15, -0.1) is 0 Å². The van der Waals surface area contributed by atoms with Gasteiger partial charge in [-0.3, -0.25) is 23.7 Å². The molecule has 0 amide bonds. The highest BCUT2D eigenvalue weighted by molar-refractivity contribution is 7.51. The molecule has 4 aromatic rings. The minimum atomic E-state index is -4.01. The Morgan fingerprint density at radius 2 is 1.89 bits per heavy atom. The standard InChI is InChI=1S/C29H34N7O7P/c1-34(2)19-31-29-32-26-25(27(37)33-29)30-20-35(26)21-40-16-17-42-44(39,43-23-12-7-4-8-13-23)36-15-9-14-24(36)28(38)41-18-22-10-5-3-6-11-22/h3-8,10-13,19-20,24H,9,14-18,21H2,1-2H3,(H,32,33,37)/b31-19+. The third-order valence-electron chi connectivity index (χ3n) is 6.58. The number of nitrogens with zero attached hydrogens (tertiary/aromatic N) is 6. The first kappa shape index (κ1) is 31.1. The van der Waals surface area contributed by atoms with Crippen molar-refractivity contribution in [1.29, 1.82) is 0 Å². The van der Waals surface area contributed by atoms with Gasteiger partial charge >= 0.3 is 13.7 Å². The van der Waals surface area contributed by atoms with Gasteiger partial charge in [0.1, 0.15) is 25.1 Å². The third-order valence-corrected chi connectivity index (χ3v) is 8.64. The van der Waals surface area contributed by atoms with Gasteiger partial charge in [-0.25, -0.2) is 14.5 Å². The molecule has 2 aromatic carbocycles. The van der Waals surface area contributed by atoms with Crippen LogP contribution in [0.3, 0.4) is 0 Å². The van der Waals surface area contributed by atoms with E-state index in [1.54, 1.807) is 47.8 Å². The zero-order valence-electron chi connectivity index (χ0n) is 24.4. The van der Waals surface area contributed by atoms with E-state index >= 15 is 0 Å². The average molecular weight is 624 g/mol. The van der Waals surface area contributed by atoms with Crippen LogP contribution >= 0.6 is 7.75 Å². The number of nitrogens with one attached hydrogen (secondary N) is 1. The number of ether oxygens (including phenoxy) is 2. The number of aliphatic imine (C=N–C) groups is 1. The minimum Gasteiger partial charge on any atom is -0.460 e. The zero-order valence-corrected chi connectivity index (χ0v) is 25.3. The van der Waals surface area contributed by atoms with Crippen LogP contribution in [0.5, 0.6) is 5.75 Å². The molecule has 5 rings (SSSR count). The summed E-state index contributed by atoms with van der Waals surface area (Å²) in [6.45, 7) is 0.347. The summed E-state index contributed by atoms with van der Waals surface area (Å²) in [6, 6.07) is 17.2. The molecule has 1 saturated heterocycles. The maximum Gasteiger partial charge on any atom is 0.462 e. The quantitative estimate of drug-likeness (QED) is 0.0719. The van der Waals surface area contributed by atoms with Gasteiger partial charge in [0.2, 0.25) is 5.95 Å². The summed E-state index contributed by atoms with van der Waals surface area (Å²) in [5, 5.41) is 0. The number of fused-ring (bicyclic) bond motifs is 1. The number of esters is 1. The monoisotopic (exact) mass is 623 g/mol. The number of rotatable bonds is 14. The predicted molar refractivity (Wildman–Crippen MR) is 163 cm³/mol. The third kappa shape index (κ3) is 7.77. The smallest absolute Gasteiger partial charge is 0.460 e. The highest BCUT2D eigenvalue weighted by Gasteiger charge is 2.46. The highest BCUT2D eigenvalue weighted by Crippen LogP contribution is 2.55. The molecule has 44 heavy (non-hydrogen) atoms. The average Bonchev–Trinajstić information content (AvgIpc) is 3.68. The van der Waals surface area contributed by atoms with E-state index in [0.717, 1.165) is 5.56 Å². The van der Waals surface area contributed by atoms with Crippen molar-refractivity contribution >= 4 is 37.2 Å². The van der Waals surface area contributed by atoms with Crippen LogP contribution in [0.1, 0.15) is 18.4 Å². The lowest BCUT2D eigenvalue weighted by Gasteiger charge is -2.30. The topological polar surface area (TPSA) is 153 Å². The van der Waals surface area contributed by atoms with E-state index in [1.807, 2.05) is 36.4 Å². The Labute approximate surface area is 253 Å². The van der Waals surface area contributed by atoms with Crippen molar-refractivity contribution in [2.45, 2.75) is 32.2 Å². The van der Waals surface area contributed by atoms with Gasteiger partial charge in [0, 0.05) is 20.6 Å². The van der Waals surface area contributed by atoms with Crippen molar-refractivity contribution < 1.29 is 27.9 Å². The molecular formula is C29H34N7O7P. The summed E-state index contributed by atoms with van der Waals surface area (Å²) in [7, 11) is -0.413. The van der Waals surface area contributed by atoms with E-state index in [2.05, 4.69) is 19.9 Å². The Hall–Kier alpha value is -4.36. The number of hydrogen-bond donors (Lipinski definition) is 1. The maximum atomic E-state index is 14.3. The molecule has 1 fully saturated rings. The normalized spacial score (nSPS) is 16.7. The van der Waals surface area contributed by atoms with Crippen LogP contribution in [0.25, 0.3) is 11.2 Å². The largest absolute Gasteiger partial charge is 0.462 e. The van der Waals surface area contributed by atoms with Crippen molar-refractivity contribution in [3.05, 3.63) is 82.9 Å². The summed E-state index contributed by atoms with van der Waals surface area (Å²) >= 11 is 0. The summed E-state index contributed by atoms with van der Waals surface area (Å²) < 4.78 is 40.4.